The summed E-state index contributed by atoms with van der Waals surface area (Å²) in [6, 6.07) is 6.00. The number of carbonyl (C=O) groups is 2. The van der Waals surface area contributed by atoms with Gasteiger partial charge in [-0.1, -0.05) is 12.6 Å². The van der Waals surface area contributed by atoms with E-state index in [4.69, 9.17) is 16.3 Å². The smallest absolute Gasteiger partial charge is 0.409 e. The van der Waals surface area contributed by atoms with Crippen molar-refractivity contribution in [1.29, 1.82) is 0 Å². The molecule has 0 saturated carbocycles. The number of halogens is 1. The van der Waals surface area contributed by atoms with Crippen LogP contribution in [0.25, 0.3) is 0 Å². The van der Waals surface area contributed by atoms with Crippen LogP contribution in [-0.2, 0) is 4.79 Å². The summed E-state index contributed by atoms with van der Waals surface area (Å²) in [6.07, 6.45) is 0. The number of hydrogen-bond donors (Lipinski definition) is 0. The van der Waals surface area contributed by atoms with Gasteiger partial charge in [0.15, 0.2) is 0 Å². The first-order valence-corrected chi connectivity index (χ1v) is 4.72. The van der Waals surface area contributed by atoms with Crippen molar-refractivity contribution in [2.75, 3.05) is 0 Å². The molecule has 0 unspecified atom stereocenters. The highest BCUT2D eigenvalue weighted by Gasteiger charge is 2.07. The topological polar surface area (TPSA) is 52.6 Å². The highest BCUT2D eigenvalue weighted by Crippen LogP contribution is 2.20. The second kappa shape index (κ2) is 5.32. The second-order valence-corrected chi connectivity index (χ2v) is 3.29. The third-order valence-electron chi connectivity index (χ3n) is 1.56. The van der Waals surface area contributed by atoms with Crippen LogP contribution in [0.15, 0.2) is 36.4 Å². The number of ether oxygens (including phenoxy) is 2. The van der Waals surface area contributed by atoms with E-state index in [1.165, 1.54) is 19.1 Å². The van der Waals surface area contributed by atoms with Crippen LogP contribution in [0.1, 0.15) is 6.92 Å². The summed E-state index contributed by atoms with van der Waals surface area (Å²) in [5, 5.41) is 0. The van der Waals surface area contributed by atoms with Crippen LogP contribution in [-0.4, -0.2) is 11.4 Å². The van der Waals surface area contributed by atoms with Gasteiger partial charge in [0.1, 0.15) is 11.5 Å². The van der Waals surface area contributed by atoms with E-state index >= 15 is 0 Å². The Hall–Kier alpha value is -1.81. The predicted molar refractivity (Wildman–Crippen MR) is 58.8 cm³/mol. The zero-order chi connectivity index (χ0) is 12.1. The molecular formula is C11H9ClO4. The molecular weight excluding hydrogens is 232 g/mol. The maximum Gasteiger partial charge on any atom is 0.409 e. The van der Waals surface area contributed by atoms with Gasteiger partial charge < -0.3 is 9.47 Å². The van der Waals surface area contributed by atoms with Crippen molar-refractivity contribution in [3.63, 3.8) is 0 Å². The summed E-state index contributed by atoms with van der Waals surface area (Å²) in [5.74, 6) is -0.0928. The third kappa shape index (κ3) is 3.74. The summed E-state index contributed by atoms with van der Waals surface area (Å²) >= 11 is 5.04. The Labute approximate surface area is 97.4 Å². The van der Waals surface area contributed by atoms with E-state index in [1.54, 1.807) is 12.1 Å². The Balaban J connectivity index is 2.78. The molecule has 4 nitrogen and oxygen atoms in total. The molecule has 0 saturated heterocycles. The van der Waals surface area contributed by atoms with Crippen LogP contribution in [0, 0.1) is 0 Å². The molecule has 16 heavy (non-hydrogen) atoms. The monoisotopic (exact) mass is 240 g/mol. The SMILES string of the molecule is C=C(C)C(=O)Oc1cccc(OC(=O)Cl)c1. The van der Waals surface area contributed by atoms with Gasteiger partial charge in [0, 0.05) is 23.2 Å². The summed E-state index contributed by atoms with van der Waals surface area (Å²) in [7, 11) is 0. The number of benzene rings is 1. The van der Waals surface area contributed by atoms with E-state index in [-0.39, 0.29) is 17.1 Å². The second-order valence-electron chi connectivity index (χ2n) is 2.98. The van der Waals surface area contributed by atoms with E-state index in [1.807, 2.05) is 0 Å². The lowest BCUT2D eigenvalue weighted by Gasteiger charge is -2.05. The predicted octanol–water partition coefficient (Wildman–Crippen LogP) is 2.91. The molecule has 0 heterocycles. The number of carbonyl (C=O) groups excluding carboxylic acids is 2. The van der Waals surface area contributed by atoms with Gasteiger partial charge in [0.05, 0.1) is 0 Å². The fourth-order valence-corrected chi connectivity index (χ4v) is 0.977. The van der Waals surface area contributed by atoms with Crippen LogP contribution in [0.3, 0.4) is 0 Å². The van der Waals surface area contributed by atoms with Gasteiger partial charge in [-0.05, 0) is 19.1 Å². The van der Waals surface area contributed by atoms with E-state index in [0.29, 0.717) is 0 Å². The largest absolute Gasteiger partial charge is 0.423 e. The van der Waals surface area contributed by atoms with Gasteiger partial charge in [-0.25, -0.2) is 9.59 Å². The molecule has 0 aliphatic rings. The quantitative estimate of drug-likeness (QED) is 0.353. The molecule has 1 aromatic carbocycles. The van der Waals surface area contributed by atoms with E-state index in [0.717, 1.165) is 0 Å². The average molecular weight is 241 g/mol. The molecule has 1 aromatic rings. The molecule has 0 bridgehead atoms. The van der Waals surface area contributed by atoms with Crippen molar-refractivity contribution in [1.82, 2.24) is 0 Å². The molecule has 0 aliphatic carbocycles. The molecule has 0 radical (unpaired) electrons. The maximum absolute atomic E-state index is 11.2. The summed E-state index contributed by atoms with van der Waals surface area (Å²) in [6.45, 7) is 4.97. The minimum Gasteiger partial charge on any atom is -0.423 e. The summed E-state index contributed by atoms with van der Waals surface area (Å²) in [5.41, 5.74) is -0.678. The van der Waals surface area contributed by atoms with Gasteiger partial charge in [0.2, 0.25) is 0 Å². The molecule has 0 atom stereocenters. The van der Waals surface area contributed by atoms with Crippen LogP contribution in [0.4, 0.5) is 4.79 Å². The first kappa shape index (κ1) is 12.3. The maximum atomic E-state index is 11.2. The average Bonchev–Trinajstić information content (AvgIpc) is 2.16. The van der Waals surface area contributed by atoms with Gasteiger partial charge in [-0.3, -0.25) is 0 Å². The number of rotatable bonds is 3. The lowest BCUT2D eigenvalue weighted by atomic mass is 10.3. The molecule has 5 heteroatoms. The molecule has 1 rings (SSSR count). The van der Waals surface area contributed by atoms with Crippen molar-refractivity contribution in [3.8, 4) is 11.5 Å². The van der Waals surface area contributed by atoms with Gasteiger partial charge in [-0.2, -0.15) is 0 Å². The fourth-order valence-electron chi connectivity index (χ4n) is 0.888. The lowest BCUT2D eigenvalue weighted by molar-refractivity contribution is -0.130. The van der Waals surface area contributed by atoms with Crippen LogP contribution >= 0.6 is 11.6 Å². The lowest BCUT2D eigenvalue weighted by Crippen LogP contribution is -2.08. The van der Waals surface area contributed by atoms with Gasteiger partial charge in [-0.15, -0.1) is 0 Å². The Bertz CT molecular complexity index is 439. The Morgan fingerprint density at radius 2 is 1.81 bits per heavy atom. The van der Waals surface area contributed by atoms with Crippen molar-refractivity contribution in [2.24, 2.45) is 0 Å². The first-order chi connectivity index (χ1) is 7.49. The van der Waals surface area contributed by atoms with Crippen LogP contribution < -0.4 is 9.47 Å². The van der Waals surface area contributed by atoms with E-state index in [2.05, 4.69) is 11.3 Å². The van der Waals surface area contributed by atoms with Crippen LogP contribution in [0.5, 0.6) is 11.5 Å². The highest BCUT2D eigenvalue weighted by atomic mass is 35.5. The third-order valence-corrected chi connectivity index (χ3v) is 1.64. The van der Waals surface area contributed by atoms with E-state index < -0.39 is 11.4 Å². The molecule has 0 amide bonds. The molecule has 84 valence electrons. The Morgan fingerprint density at radius 1 is 1.25 bits per heavy atom. The number of esters is 1. The standard InChI is InChI=1S/C11H9ClO4/c1-7(2)10(13)15-8-4-3-5-9(6-8)16-11(12)14/h3-6H,1H2,2H3. The molecule has 0 N–H and O–H groups in total. The van der Waals surface area contributed by atoms with Gasteiger partial charge in [0.25, 0.3) is 0 Å². The van der Waals surface area contributed by atoms with Gasteiger partial charge >= 0.3 is 11.4 Å². The van der Waals surface area contributed by atoms with Crippen molar-refractivity contribution in [2.45, 2.75) is 6.92 Å². The van der Waals surface area contributed by atoms with Crippen molar-refractivity contribution in [3.05, 3.63) is 36.4 Å². The van der Waals surface area contributed by atoms with Crippen LogP contribution in [0.2, 0.25) is 0 Å². The zero-order valence-corrected chi connectivity index (χ0v) is 9.28. The Morgan fingerprint density at radius 3 is 2.31 bits per heavy atom. The van der Waals surface area contributed by atoms with Crippen molar-refractivity contribution < 1.29 is 19.1 Å². The summed E-state index contributed by atoms with van der Waals surface area (Å²) < 4.78 is 9.53. The molecule has 0 spiro atoms. The normalized spacial score (nSPS) is 9.38. The molecule has 0 aromatic heterocycles. The minimum atomic E-state index is -0.955. The molecule has 0 fully saturated rings. The first-order valence-electron chi connectivity index (χ1n) is 4.34. The highest BCUT2D eigenvalue weighted by molar-refractivity contribution is 6.61. The van der Waals surface area contributed by atoms with E-state index in [9.17, 15) is 9.59 Å². The van der Waals surface area contributed by atoms with Crippen molar-refractivity contribution >= 4 is 23.0 Å². The summed E-state index contributed by atoms with van der Waals surface area (Å²) in [4.78, 5) is 21.7. The number of hydrogen-bond acceptors (Lipinski definition) is 4. The Kier molecular flexibility index (Phi) is 4.08. The fraction of sp³-hybridized carbons (Fsp3) is 0.0909. The zero-order valence-electron chi connectivity index (χ0n) is 8.53. The molecule has 0 aliphatic heterocycles. The minimum absolute atomic E-state index is 0.201.